The maximum Gasteiger partial charge on any atom is 0.0997 e. The predicted molar refractivity (Wildman–Crippen MR) is 156 cm³/mol. The second-order valence-electron chi connectivity index (χ2n) is 12.7. The van der Waals surface area contributed by atoms with Crippen molar-refractivity contribution in [2.24, 2.45) is 5.92 Å². The molecule has 0 spiro atoms. The Balaban J connectivity index is 1.74. The summed E-state index contributed by atoms with van der Waals surface area (Å²) in [5.74, 6) is 1.86. The Bertz CT molecular complexity index is 672. The van der Waals surface area contributed by atoms with Crippen molar-refractivity contribution in [3.63, 3.8) is 0 Å². The summed E-state index contributed by atoms with van der Waals surface area (Å²) >= 11 is 0. The highest BCUT2D eigenvalue weighted by Crippen LogP contribution is 2.71. The standard InChI is InChI=1S/C31H57N2OP/c1-25(2)31(34-24-21-30-32-22-14-23-33(30)26(3)4)35(27-15-8-5-9-16-27,28-17-10-6-11-18-28)29-19-12-7-13-20-29/h21,25-29,32H,5-20,22-24H2,1-4H3. The molecule has 4 heteroatoms. The van der Waals surface area contributed by atoms with Gasteiger partial charge in [-0.25, -0.2) is 0 Å². The lowest BCUT2D eigenvalue weighted by atomic mass is 9.99. The molecule has 0 aromatic rings. The van der Waals surface area contributed by atoms with Crippen LogP contribution in [0.15, 0.2) is 11.9 Å². The van der Waals surface area contributed by atoms with Gasteiger partial charge >= 0.3 is 0 Å². The van der Waals surface area contributed by atoms with E-state index in [1.165, 1.54) is 115 Å². The van der Waals surface area contributed by atoms with Crippen LogP contribution in [-0.4, -0.2) is 53.1 Å². The molecule has 4 rings (SSSR count). The molecule has 0 aromatic heterocycles. The van der Waals surface area contributed by atoms with E-state index in [1.807, 2.05) is 0 Å². The second-order valence-corrected chi connectivity index (χ2v) is 17.0. The van der Waals surface area contributed by atoms with Crippen LogP contribution in [0.1, 0.15) is 130 Å². The Hall–Kier alpha value is -0.400. The first-order valence-corrected chi connectivity index (χ1v) is 17.6. The van der Waals surface area contributed by atoms with Crippen molar-refractivity contribution in [2.75, 3.05) is 19.7 Å². The molecular formula is C31H57N2OP. The lowest BCUT2D eigenvalue weighted by molar-refractivity contribution is 0.228. The molecular weight excluding hydrogens is 447 g/mol. The fourth-order valence-corrected chi connectivity index (χ4v) is 16.0. The van der Waals surface area contributed by atoms with Gasteiger partial charge in [0, 0.05) is 19.1 Å². The largest absolute Gasteiger partial charge is 0.372 e. The Morgan fingerprint density at radius 2 is 1.29 bits per heavy atom. The molecule has 4 fully saturated rings. The number of rotatable bonds is 8. The molecule has 0 radical (unpaired) electrons. The summed E-state index contributed by atoms with van der Waals surface area (Å²) in [7, 11) is 0. The van der Waals surface area contributed by atoms with Crippen LogP contribution in [0.2, 0.25) is 0 Å². The molecule has 0 atom stereocenters. The Morgan fingerprint density at radius 3 is 1.71 bits per heavy atom. The van der Waals surface area contributed by atoms with Gasteiger partial charge in [0.05, 0.1) is 17.9 Å². The number of hydrogen-bond acceptors (Lipinski definition) is 3. The Kier molecular flexibility index (Phi) is 10.6. The van der Waals surface area contributed by atoms with Gasteiger partial charge in [0.25, 0.3) is 0 Å². The van der Waals surface area contributed by atoms with Gasteiger partial charge in [-0.2, -0.15) is 0 Å². The monoisotopic (exact) mass is 504 g/mol. The highest BCUT2D eigenvalue weighted by Gasteiger charge is 2.46. The number of nitrogens with one attached hydrogen (secondary N) is 1. The van der Waals surface area contributed by atoms with E-state index in [0.717, 1.165) is 30.1 Å². The molecule has 0 amide bonds. The molecule has 0 bridgehead atoms. The minimum Gasteiger partial charge on any atom is -0.372 e. The predicted octanol–water partition coefficient (Wildman–Crippen LogP) is 8.35. The summed E-state index contributed by atoms with van der Waals surface area (Å²) in [6.45, 7) is 11.3. The molecule has 1 saturated heterocycles. The van der Waals surface area contributed by atoms with Crippen molar-refractivity contribution in [2.45, 2.75) is 153 Å². The van der Waals surface area contributed by atoms with Gasteiger partial charge in [-0.3, -0.25) is 0 Å². The Labute approximate surface area is 218 Å². The summed E-state index contributed by atoms with van der Waals surface area (Å²) < 4.78 is 7.18. The van der Waals surface area contributed by atoms with Crippen molar-refractivity contribution < 1.29 is 4.74 Å². The molecule has 0 aromatic carbocycles. The van der Waals surface area contributed by atoms with Crippen LogP contribution in [-0.2, 0) is 4.74 Å². The first-order valence-electron chi connectivity index (χ1n) is 15.6. The summed E-state index contributed by atoms with van der Waals surface area (Å²) in [5, 5.41) is 3.69. The van der Waals surface area contributed by atoms with Crippen LogP contribution in [0, 0.1) is 5.92 Å². The molecule has 35 heavy (non-hydrogen) atoms. The molecule has 1 N–H and O–H groups in total. The molecule has 0 unspecified atom stereocenters. The van der Waals surface area contributed by atoms with E-state index in [0.29, 0.717) is 12.0 Å². The van der Waals surface area contributed by atoms with Crippen LogP contribution in [0.25, 0.3) is 0 Å². The second kappa shape index (κ2) is 13.4. The van der Waals surface area contributed by atoms with Crippen LogP contribution >= 0.6 is 6.89 Å². The molecule has 1 aliphatic heterocycles. The van der Waals surface area contributed by atoms with Crippen molar-refractivity contribution in [3.05, 3.63) is 11.9 Å². The average Bonchev–Trinajstić information content (AvgIpc) is 2.90. The van der Waals surface area contributed by atoms with Gasteiger partial charge < -0.3 is 15.0 Å². The lowest BCUT2D eigenvalue weighted by Crippen LogP contribution is -2.43. The van der Waals surface area contributed by atoms with Crippen LogP contribution in [0.5, 0.6) is 0 Å². The van der Waals surface area contributed by atoms with Crippen LogP contribution in [0.3, 0.4) is 0 Å². The van der Waals surface area contributed by atoms with Gasteiger partial charge in [-0.15, -0.1) is 0 Å². The zero-order valence-corrected chi connectivity index (χ0v) is 24.6. The summed E-state index contributed by atoms with van der Waals surface area (Å²) in [4.78, 5) is 2.54. The van der Waals surface area contributed by atoms with Gasteiger partial charge in [0.1, 0.15) is 0 Å². The topological polar surface area (TPSA) is 24.5 Å². The third-order valence-corrected chi connectivity index (χ3v) is 16.3. The van der Waals surface area contributed by atoms with Crippen molar-refractivity contribution in [1.82, 2.24) is 10.2 Å². The third-order valence-electron chi connectivity index (χ3n) is 9.73. The van der Waals surface area contributed by atoms with Gasteiger partial charge in [0.15, 0.2) is 0 Å². The minimum absolute atomic E-state index is 0.543. The average molecular weight is 505 g/mol. The summed E-state index contributed by atoms with van der Waals surface area (Å²) in [6.07, 6.45) is 25.8. The van der Waals surface area contributed by atoms with E-state index in [9.17, 15) is 0 Å². The van der Waals surface area contributed by atoms with Crippen LogP contribution < -0.4 is 5.32 Å². The van der Waals surface area contributed by atoms with E-state index in [-0.39, 0.29) is 0 Å². The van der Waals surface area contributed by atoms with E-state index in [4.69, 9.17) is 4.74 Å². The zero-order chi connectivity index (χ0) is 24.7. The van der Waals surface area contributed by atoms with E-state index in [1.54, 1.807) is 5.48 Å². The lowest BCUT2D eigenvalue weighted by Gasteiger charge is -2.52. The normalized spacial score (nSPS) is 25.4. The van der Waals surface area contributed by atoms with E-state index >= 15 is 0 Å². The maximum atomic E-state index is 7.18. The molecule has 3 saturated carbocycles. The van der Waals surface area contributed by atoms with Gasteiger partial charge in [-0.1, -0.05) is 78.5 Å². The number of nitrogens with zero attached hydrogens (tertiary/aromatic N) is 1. The Morgan fingerprint density at radius 1 is 0.800 bits per heavy atom. The first kappa shape index (κ1) is 27.6. The van der Waals surface area contributed by atoms with Gasteiger partial charge in [0.2, 0.25) is 0 Å². The fourth-order valence-electron chi connectivity index (χ4n) is 8.30. The fraction of sp³-hybridized carbons (Fsp3) is 0.903. The molecule has 3 aliphatic carbocycles. The molecule has 1 heterocycles. The minimum atomic E-state index is -1.36. The maximum absolute atomic E-state index is 7.18. The van der Waals surface area contributed by atoms with Crippen molar-refractivity contribution >= 4 is 12.4 Å². The van der Waals surface area contributed by atoms with Gasteiger partial charge in [-0.05, 0) is 87.8 Å². The smallest absolute Gasteiger partial charge is 0.0997 e. The molecule has 202 valence electrons. The van der Waals surface area contributed by atoms with E-state index in [2.05, 4.69) is 44.0 Å². The number of ether oxygens (including phenoxy) is 1. The zero-order valence-electron chi connectivity index (χ0n) is 23.7. The third kappa shape index (κ3) is 6.37. The summed E-state index contributed by atoms with van der Waals surface area (Å²) in [5.41, 5.74) is 4.49. The molecule has 4 aliphatic rings. The quantitative estimate of drug-likeness (QED) is 0.336. The van der Waals surface area contributed by atoms with Crippen LogP contribution in [0.4, 0.5) is 0 Å². The first-order chi connectivity index (χ1) is 17.0. The SMILES string of the molecule is CC(C)C(OCC=C1NCCCN1C(C)C)=P(C1CCCCC1)(C1CCCCC1)C1CCCCC1. The number of hydrogen-bond donors (Lipinski definition) is 1. The van der Waals surface area contributed by atoms with Crippen molar-refractivity contribution in [1.29, 1.82) is 0 Å². The van der Waals surface area contributed by atoms with E-state index < -0.39 is 6.89 Å². The molecule has 3 nitrogen and oxygen atoms in total. The summed E-state index contributed by atoms with van der Waals surface area (Å²) in [6, 6.07) is 0.543. The highest BCUT2D eigenvalue weighted by molar-refractivity contribution is 7.78. The highest BCUT2D eigenvalue weighted by atomic mass is 31.2. The van der Waals surface area contributed by atoms with Crippen molar-refractivity contribution in [3.8, 4) is 0 Å².